The monoisotopic (exact) mass is 575 g/mol. The number of morpholine rings is 1. The molecule has 204 valence electrons. The van der Waals surface area contributed by atoms with Gasteiger partial charge < -0.3 is 24.8 Å². The third-order valence-corrected chi connectivity index (χ3v) is 8.37. The summed E-state index contributed by atoms with van der Waals surface area (Å²) in [6.45, 7) is -0.311. The lowest BCUT2D eigenvalue weighted by Crippen LogP contribution is -2.49. The molecule has 1 fully saturated rings. The molecule has 15 heteroatoms. The molecular weight excluding hydrogens is 554 g/mol. The number of nitrogens with two attached hydrogens (primary N) is 1. The average Bonchev–Trinajstić information content (AvgIpc) is 3.31. The topological polar surface area (TPSA) is 115 Å². The number of rotatable bonds is 4. The predicted molar refractivity (Wildman–Crippen MR) is 130 cm³/mol. The van der Waals surface area contributed by atoms with E-state index in [1.165, 1.54) is 11.0 Å². The number of sulfone groups is 1. The van der Waals surface area contributed by atoms with Gasteiger partial charge in [0.15, 0.2) is 15.9 Å². The Labute approximate surface area is 220 Å². The molecule has 0 amide bonds. The van der Waals surface area contributed by atoms with Gasteiger partial charge in [-0.05, 0) is 29.8 Å². The normalized spacial score (nSPS) is 21.7. The van der Waals surface area contributed by atoms with E-state index in [4.69, 9.17) is 26.6 Å². The van der Waals surface area contributed by atoms with Gasteiger partial charge in [0.25, 0.3) is 0 Å². The largest absolute Gasteiger partial charge is 0.416 e. The third-order valence-electron chi connectivity index (χ3n) is 6.26. The van der Waals surface area contributed by atoms with Gasteiger partial charge in [0, 0.05) is 30.7 Å². The molecule has 2 aliphatic heterocycles. The molecule has 1 unspecified atom stereocenters. The zero-order chi connectivity index (χ0) is 27.2. The van der Waals surface area contributed by atoms with Crippen molar-refractivity contribution in [3.8, 4) is 11.4 Å². The first-order valence-corrected chi connectivity index (χ1v) is 13.5. The highest BCUT2D eigenvalue weighted by molar-refractivity contribution is 7.91. The number of halogens is 5. The minimum Gasteiger partial charge on any atom is -0.365 e. The summed E-state index contributed by atoms with van der Waals surface area (Å²) >= 11 is 5.97. The van der Waals surface area contributed by atoms with Crippen LogP contribution in [0.3, 0.4) is 0 Å². The lowest BCUT2D eigenvalue weighted by molar-refractivity contribution is -0.221. The van der Waals surface area contributed by atoms with Crippen LogP contribution in [0.2, 0.25) is 5.02 Å². The van der Waals surface area contributed by atoms with Gasteiger partial charge >= 0.3 is 12.2 Å². The first-order chi connectivity index (χ1) is 17.9. The molecule has 1 saturated heterocycles. The lowest BCUT2D eigenvalue weighted by atomic mass is 10.1. The van der Waals surface area contributed by atoms with Crippen molar-refractivity contribution in [1.82, 2.24) is 10.1 Å². The number of fused-ring (bicyclic) bond motifs is 1. The smallest absolute Gasteiger partial charge is 0.365 e. The molecule has 9 nitrogen and oxygen atoms in total. The third kappa shape index (κ3) is 5.44. The molecule has 1 aromatic heterocycles. The van der Waals surface area contributed by atoms with Gasteiger partial charge in [-0.25, -0.2) is 12.8 Å². The van der Waals surface area contributed by atoms with E-state index in [1.54, 1.807) is 29.2 Å². The van der Waals surface area contributed by atoms with Gasteiger partial charge in [0.2, 0.25) is 5.82 Å². The highest BCUT2D eigenvalue weighted by Gasteiger charge is 2.44. The molecule has 0 radical (unpaired) electrons. The fourth-order valence-electron chi connectivity index (χ4n) is 4.45. The first-order valence-electron chi connectivity index (χ1n) is 11.5. The molecule has 0 aliphatic carbocycles. The van der Waals surface area contributed by atoms with E-state index in [0.717, 1.165) is 11.6 Å². The summed E-state index contributed by atoms with van der Waals surface area (Å²) in [7, 11) is -3.93. The van der Waals surface area contributed by atoms with E-state index in [1.807, 2.05) is 0 Å². The quantitative estimate of drug-likeness (QED) is 0.467. The lowest BCUT2D eigenvalue weighted by Gasteiger charge is -2.32. The van der Waals surface area contributed by atoms with Gasteiger partial charge in [-0.3, -0.25) is 0 Å². The van der Waals surface area contributed by atoms with E-state index < -0.39 is 40.5 Å². The molecule has 3 heterocycles. The Bertz CT molecular complexity index is 1430. The van der Waals surface area contributed by atoms with Crippen LogP contribution < -0.4 is 15.5 Å². The van der Waals surface area contributed by atoms with Crippen LogP contribution in [-0.4, -0.2) is 68.9 Å². The number of benzene rings is 2. The maximum Gasteiger partial charge on any atom is 0.416 e. The van der Waals surface area contributed by atoms with E-state index in [0.29, 0.717) is 5.02 Å². The van der Waals surface area contributed by atoms with Crippen LogP contribution in [0.25, 0.3) is 11.4 Å². The van der Waals surface area contributed by atoms with Crippen molar-refractivity contribution in [3.05, 3.63) is 52.8 Å². The number of alkyl halides is 3. The highest BCUT2D eigenvalue weighted by atomic mass is 35.5. The van der Waals surface area contributed by atoms with Crippen LogP contribution in [0.1, 0.15) is 5.56 Å². The average molecular weight is 576 g/mol. The van der Waals surface area contributed by atoms with Crippen molar-refractivity contribution in [1.29, 1.82) is 0 Å². The molecular formula is C23H22ClF4N5O4S. The molecule has 38 heavy (non-hydrogen) atoms. The Hall–Kier alpha value is -2.94. The van der Waals surface area contributed by atoms with Crippen molar-refractivity contribution in [3.63, 3.8) is 0 Å². The maximum absolute atomic E-state index is 15.3. The maximum atomic E-state index is 15.3. The summed E-state index contributed by atoms with van der Waals surface area (Å²) in [4.78, 5) is 6.79. The molecule has 0 bridgehead atoms. The fourth-order valence-corrected chi connectivity index (χ4v) is 6.22. The van der Waals surface area contributed by atoms with Gasteiger partial charge in [-0.2, -0.15) is 18.2 Å². The standard InChI is InChI=1S/C23H22ClF4N5O4S/c24-14-3-1-13(2-4-14)9-33-10-15(29)12-38(34,35)19-8-17(25)16(7-18(19)33)21-30-22(37-31-21)32-5-6-36-20(11-32)23(26,27)28/h1-4,7-8,15,20H,5-6,9-12,29H2/t15-,20?/m1/s1. The van der Waals surface area contributed by atoms with Gasteiger partial charge in [0.1, 0.15) is 5.82 Å². The number of nitrogens with zero attached hydrogens (tertiary/aromatic N) is 4. The number of anilines is 2. The minimum absolute atomic E-state index is 0.0614. The van der Waals surface area contributed by atoms with E-state index in [-0.39, 0.29) is 60.0 Å². The number of aromatic nitrogens is 2. The van der Waals surface area contributed by atoms with Gasteiger partial charge in [-0.15, -0.1) is 0 Å². The second-order valence-corrected chi connectivity index (χ2v) is 11.5. The fraction of sp³-hybridized carbons (Fsp3) is 0.391. The molecule has 2 aromatic carbocycles. The predicted octanol–water partition coefficient (Wildman–Crippen LogP) is 3.42. The molecule has 5 rings (SSSR count). The van der Waals surface area contributed by atoms with Crippen molar-refractivity contribution < 1.29 is 35.2 Å². The summed E-state index contributed by atoms with van der Waals surface area (Å²) in [5, 5.41) is 4.29. The summed E-state index contributed by atoms with van der Waals surface area (Å²) in [6, 6.07) is 8.14. The Morgan fingerprint density at radius 2 is 1.89 bits per heavy atom. The van der Waals surface area contributed by atoms with Crippen LogP contribution in [0.5, 0.6) is 0 Å². The summed E-state index contributed by atoms with van der Waals surface area (Å²) in [6.07, 6.45) is -6.61. The van der Waals surface area contributed by atoms with Crippen LogP contribution in [0, 0.1) is 5.82 Å². The van der Waals surface area contributed by atoms with Crippen LogP contribution in [0.4, 0.5) is 29.3 Å². The second-order valence-electron chi connectivity index (χ2n) is 9.10. The SMILES string of the molecule is N[C@@H]1CN(Cc2ccc(Cl)cc2)c2cc(-c3noc(N4CCOC(C(F)(F)F)C4)n3)c(F)cc2S(=O)(=O)C1. The van der Waals surface area contributed by atoms with E-state index in [2.05, 4.69) is 10.1 Å². The zero-order valence-corrected chi connectivity index (χ0v) is 21.2. The molecule has 2 atom stereocenters. The molecule has 0 saturated carbocycles. The summed E-state index contributed by atoms with van der Waals surface area (Å²) < 4.78 is 90.6. The number of hydrogen-bond acceptors (Lipinski definition) is 9. The van der Waals surface area contributed by atoms with Crippen LogP contribution in [-0.2, 0) is 21.1 Å². The Morgan fingerprint density at radius 3 is 2.61 bits per heavy atom. The van der Waals surface area contributed by atoms with E-state index >= 15 is 4.39 Å². The minimum atomic E-state index is -4.58. The number of ether oxygens (including phenoxy) is 1. The molecule has 2 N–H and O–H groups in total. The molecule has 3 aromatic rings. The van der Waals surface area contributed by atoms with Crippen LogP contribution >= 0.6 is 11.6 Å². The van der Waals surface area contributed by atoms with E-state index in [9.17, 15) is 21.6 Å². The Kier molecular flexibility index (Phi) is 7.00. The Morgan fingerprint density at radius 1 is 1.16 bits per heavy atom. The second kappa shape index (κ2) is 9.98. The first kappa shape index (κ1) is 26.7. The molecule has 0 spiro atoms. The van der Waals surface area contributed by atoms with Gasteiger partial charge in [-0.1, -0.05) is 28.9 Å². The van der Waals surface area contributed by atoms with Crippen molar-refractivity contribution in [2.45, 2.75) is 29.8 Å². The van der Waals surface area contributed by atoms with Crippen molar-refractivity contribution in [2.75, 3.05) is 41.8 Å². The van der Waals surface area contributed by atoms with Gasteiger partial charge in [0.05, 0.1) is 35.1 Å². The Balaban J connectivity index is 1.51. The summed E-state index contributed by atoms with van der Waals surface area (Å²) in [5.41, 5.74) is 6.93. The van der Waals surface area contributed by atoms with Crippen LogP contribution in [0.15, 0.2) is 45.8 Å². The molecule has 2 aliphatic rings. The zero-order valence-electron chi connectivity index (χ0n) is 19.7. The summed E-state index contributed by atoms with van der Waals surface area (Å²) in [5.74, 6) is -1.55. The van der Waals surface area contributed by atoms with Crippen molar-refractivity contribution >= 4 is 33.1 Å². The van der Waals surface area contributed by atoms with Crippen molar-refractivity contribution in [2.24, 2.45) is 5.73 Å². The number of hydrogen-bond donors (Lipinski definition) is 1. The highest BCUT2D eigenvalue weighted by Crippen LogP contribution is 2.37.